The largest absolute Gasteiger partial charge is 0.496 e. The second-order valence-electron chi connectivity index (χ2n) is 6.15. The number of nitrogens with one attached hydrogen (secondary N) is 3. The first-order valence-electron chi connectivity index (χ1n) is 9.17. The van der Waals surface area contributed by atoms with Gasteiger partial charge in [0.1, 0.15) is 5.75 Å². The van der Waals surface area contributed by atoms with E-state index in [0.29, 0.717) is 5.75 Å². The number of nitrogens with zero attached hydrogens (tertiary/aromatic N) is 2. The van der Waals surface area contributed by atoms with Crippen molar-refractivity contribution in [3.05, 3.63) is 78.0 Å². The van der Waals surface area contributed by atoms with Crippen molar-refractivity contribution in [1.29, 1.82) is 0 Å². The molecule has 0 spiro atoms. The van der Waals surface area contributed by atoms with Crippen molar-refractivity contribution in [3.63, 3.8) is 0 Å². The average molecular weight is 403 g/mol. The molecule has 152 valence electrons. The first kappa shape index (κ1) is 20.5. The van der Waals surface area contributed by atoms with Gasteiger partial charge in [0.15, 0.2) is 0 Å². The van der Waals surface area contributed by atoms with E-state index in [1.807, 2.05) is 48.5 Å². The van der Waals surface area contributed by atoms with Crippen molar-refractivity contribution in [1.82, 2.24) is 20.9 Å². The van der Waals surface area contributed by atoms with Crippen LogP contribution in [-0.4, -0.2) is 41.9 Å². The summed E-state index contributed by atoms with van der Waals surface area (Å²) in [6, 6.07) is 17.0. The molecule has 0 radical (unpaired) electrons. The lowest BCUT2D eigenvalue weighted by molar-refractivity contribution is -0.123. The number of hydrazone groups is 1. The number of carbonyl (C=O) groups is 2. The molecule has 8 nitrogen and oxygen atoms in total. The van der Waals surface area contributed by atoms with Crippen LogP contribution in [0.3, 0.4) is 0 Å². The predicted octanol–water partition coefficient (Wildman–Crippen LogP) is 2.36. The molecule has 0 aliphatic carbocycles. The van der Waals surface area contributed by atoms with Gasteiger partial charge >= 0.3 is 0 Å². The number of methoxy groups -OCH3 is 1. The summed E-state index contributed by atoms with van der Waals surface area (Å²) < 4.78 is 5.22. The van der Waals surface area contributed by atoms with E-state index < -0.39 is 11.8 Å². The van der Waals surface area contributed by atoms with Gasteiger partial charge in [-0.25, -0.2) is 5.43 Å². The highest BCUT2D eigenvalue weighted by Crippen LogP contribution is 2.19. The van der Waals surface area contributed by atoms with Gasteiger partial charge in [0.25, 0.3) is 5.91 Å². The second kappa shape index (κ2) is 10.4. The Kier molecular flexibility index (Phi) is 7.10. The maximum Gasteiger partial charge on any atom is 0.259 e. The second-order valence-corrected chi connectivity index (χ2v) is 6.15. The van der Waals surface area contributed by atoms with Crippen LogP contribution >= 0.6 is 0 Å². The van der Waals surface area contributed by atoms with E-state index in [-0.39, 0.29) is 6.54 Å². The van der Waals surface area contributed by atoms with Crippen molar-refractivity contribution in [2.75, 3.05) is 13.7 Å². The number of ether oxygens (including phenoxy) is 1. The Labute approximate surface area is 173 Å². The van der Waals surface area contributed by atoms with Crippen molar-refractivity contribution < 1.29 is 14.3 Å². The molecular formula is C22H21N5O3. The number of H-pyrrole nitrogens is 1. The Bertz CT molecular complexity index is 1060. The van der Waals surface area contributed by atoms with Gasteiger partial charge in [-0.2, -0.15) is 10.2 Å². The molecule has 1 heterocycles. The number of rotatable bonds is 8. The number of benzene rings is 2. The molecule has 3 aromatic rings. The van der Waals surface area contributed by atoms with E-state index in [1.54, 1.807) is 25.4 Å². The summed E-state index contributed by atoms with van der Waals surface area (Å²) in [7, 11) is 1.56. The zero-order chi connectivity index (χ0) is 21.2. The van der Waals surface area contributed by atoms with Crippen LogP contribution in [0, 0.1) is 0 Å². The van der Waals surface area contributed by atoms with E-state index in [1.165, 1.54) is 12.3 Å². The molecule has 0 saturated heterocycles. The predicted molar refractivity (Wildman–Crippen MR) is 115 cm³/mol. The highest BCUT2D eigenvalue weighted by atomic mass is 16.5. The van der Waals surface area contributed by atoms with E-state index >= 15 is 0 Å². The van der Waals surface area contributed by atoms with E-state index in [2.05, 4.69) is 26.0 Å². The summed E-state index contributed by atoms with van der Waals surface area (Å²) in [5.74, 6) is -0.195. The smallest absolute Gasteiger partial charge is 0.259 e. The minimum atomic E-state index is -0.449. The number of carbonyl (C=O) groups excluding carboxylic acids is 2. The van der Waals surface area contributed by atoms with Gasteiger partial charge in [-0.05, 0) is 12.1 Å². The topological polar surface area (TPSA) is 108 Å². The molecule has 1 aromatic heterocycles. The molecule has 30 heavy (non-hydrogen) atoms. The van der Waals surface area contributed by atoms with Gasteiger partial charge < -0.3 is 10.1 Å². The van der Waals surface area contributed by atoms with Gasteiger partial charge in [0, 0.05) is 22.8 Å². The molecule has 0 fully saturated rings. The number of aromatic nitrogens is 2. The highest BCUT2D eigenvalue weighted by molar-refractivity contribution is 5.95. The summed E-state index contributed by atoms with van der Waals surface area (Å²) in [4.78, 5) is 23.8. The first-order valence-corrected chi connectivity index (χ1v) is 9.17. The van der Waals surface area contributed by atoms with Crippen molar-refractivity contribution >= 4 is 24.1 Å². The van der Waals surface area contributed by atoms with Crippen LogP contribution in [0.5, 0.6) is 5.75 Å². The van der Waals surface area contributed by atoms with Crippen LogP contribution in [0.15, 0.2) is 72.0 Å². The fourth-order valence-corrected chi connectivity index (χ4v) is 2.64. The molecule has 0 unspecified atom stereocenters. The Morgan fingerprint density at radius 2 is 1.87 bits per heavy atom. The van der Waals surface area contributed by atoms with Crippen LogP contribution in [0.2, 0.25) is 0 Å². The van der Waals surface area contributed by atoms with Crippen LogP contribution in [-0.2, 0) is 9.59 Å². The van der Waals surface area contributed by atoms with Gasteiger partial charge in [0.2, 0.25) is 5.91 Å². The lowest BCUT2D eigenvalue weighted by Crippen LogP contribution is -2.34. The molecular weight excluding hydrogens is 382 g/mol. The maximum atomic E-state index is 11.9. The minimum Gasteiger partial charge on any atom is -0.496 e. The third kappa shape index (κ3) is 5.65. The van der Waals surface area contributed by atoms with Gasteiger partial charge in [-0.3, -0.25) is 14.7 Å². The zero-order valence-corrected chi connectivity index (χ0v) is 16.3. The van der Waals surface area contributed by atoms with Gasteiger partial charge in [-0.15, -0.1) is 0 Å². The number of aromatic amines is 1. The molecule has 8 heteroatoms. The lowest BCUT2D eigenvalue weighted by atomic mass is 10.1. The van der Waals surface area contributed by atoms with Gasteiger partial charge in [-0.1, -0.05) is 48.5 Å². The van der Waals surface area contributed by atoms with E-state index in [9.17, 15) is 9.59 Å². The van der Waals surface area contributed by atoms with Crippen LogP contribution in [0.1, 0.15) is 11.1 Å². The number of hydrogen-bond donors (Lipinski definition) is 3. The Hall–Kier alpha value is -4.20. The zero-order valence-electron chi connectivity index (χ0n) is 16.3. The quantitative estimate of drug-likeness (QED) is 0.305. The molecule has 0 aliphatic rings. The third-order valence-electron chi connectivity index (χ3n) is 4.10. The standard InChI is InChI=1S/C22H21N5O3/c1-30-19-10-6-5-7-16(19)11-12-20(28)23-15-21(29)26-24-13-18-14-25-27-22(18)17-8-3-2-4-9-17/h2-14H,15H2,1H3,(H,23,28)(H,25,27)(H,26,29). The molecule has 0 saturated carbocycles. The number of hydrogen-bond acceptors (Lipinski definition) is 5. The number of amides is 2. The Morgan fingerprint density at radius 1 is 1.10 bits per heavy atom. The molecule has 0 aliphatic heterocycles. The Balaban J connectivity index is 1.48. The Morgan fingerprint density at radius 3 is 2.67 bits per heavy atom. The monoisotopic (exact) mass is 403 g/mol. The first-order chi connectivity index (χ1) is 14.7. The van der Waals surface area contributed by atoms with Crippen LogP contribution in [0.4, 0.5) is 0 Å². The fraction of sp³-hybridized carbons (Fsp3) is 0.0909. The summed E-state index contributed by atoms with van der Waals surface area (Å²) in [5, 5.41) is 13.3. The van der Waals surface area contributed by atoms with E-state index in [4.69, 9.17) is 4.74 Å². The summed E-state index contributed by atoms with van der Waals surface area (Å²) >= 11 is 0. The molecule has 3 N–H and O–H groups in total. The summed E-state index contributed by atoms with van der Waals surface area (Å²) in [5.41, 5.74) is 5.62. The number of para-hydroxylation sites is 1. The minimum absolute atomic E-state index is 0.205. The molecule has 0 bridgehead atoms. The third-order valence-corrected chi connectivity index (χ3v) is 4.10. The van der Waals surface area contributed by atoms with Gasteiger partial charge in [0.05, 0.1) is 31.8 Å². The van der Waals surface area contributed by atoms with Crippen LogP contribution in [0.25, 0.3) is 17.3 Å². The SMILES string of the molecule is COc1ccccc1C=CC(=O)NCC(=O)NN=Cc1cn[nH]c1-c1ccccc1. The van der Waals surface area contributed by atoms with E-state index in [0.717, 1.165) is 22.4 Å². The summed E-state index contributed by atoms with van der Waals surface area (Å²) in [6.07, 6.45) is 6.07. The van der Waals surface area contributed by atoms with Crippen molar-refractivity contribution in [3.8, 4) is 17.0 Å². The maximum absolute atomic E-state index is 11.9. The van der Waals surface area contributed by atoms with Crippen molar-refractivity contribution in [2.24, 2.45) is 5.10 Å². The average Bonchev–Trinajstić information content (AvgIpc) is 3.25. The fourth-order valence-electron chi connectivity index (χ4n) is 2.64. The molecule has 3 rings (SSSR count). The molecule has 2 amide bonds. The highest BCUT2D eigenvalue weighted by Gasteiger charge is 2.06. The molecule has 0 atom stereocenters. The molecule has 2 aromatic carbocycles. The normalized spacial score (nSPS) is 11.0. The van der Waals surface area contributed by atoms with Crippen LogP contribution < -0.4 is 15.5 Å². The van der Waals surface area contributed by atoms with Crippen molar-refractivity contribution in [2.45, 2.75) is 0 Å². The summed E-state index contributed by atoms with van der Waals surface area (Å²) in [6.45, 7) is -0.205. The lowest BCUT2D eigenvalue weighted by Gasteiger charge is -2.04.